The van der Waals surface area contributed by atoms with Crippen molar-refractivity contribution >= 4 is 21.6 Å². The van der Waals surface area contributed by atoms with Crippen LogP contribution in [0.2, 0.25) is 0 Å². The van der Waals surface area contributed by atoms with Crippen LogP contribution >= 0.6 is 0 Å². The van der Waals surface area contributed by atoms with Gasteiger partial charge in [0.15, 0.2) is 9.84 Å². The van der Waals surface area contributed by atoms with Gasteiger partial charge in [-0.1, -0.05) is 0 Å². The Balaban J connectivity index is 2.04. The molecular weight excluding hydrogens is 254 g/mol. The smallest absolute Gasteiger partial charge is 0.251 e. The predicted octanol–water partition coefficient (Wildman–Crippen LogP) is 0.0402. The molecule has 2 N–H and O–H groups in total. The van der Waals surface area contributed by atoms with E-state index in [1.165, 1.54) is 6.20 Å². The lowest BCUT2D eigenvalue weighted by atomic mass is 10.2. The van der Waals surface area contributed by atoms with Gasteiger partial charge in [0, 0.05) is 24.8 Å². The molecule has 1 atom stereocenters. The third-order valence-electron chi connectivity index (χ3n) is 2.85. The minimum atomic E-state index is -2.98. The van der Waals surface area contributed by atoms with Crippen molar-refractivity contribution in [2.75, 3.05) is 23.9 Å². The monoisotopic (exact) mass is 269 g/mol. The van der Waals surface area contributed by atoms with Crippen molar-refractivity contribution in [3.05, 3.63) is 23.9 Å². The number of hydrogen-bond donors (Lipinski definition) is 2. The van der Waals surface area contributed by atoms with Gasteiger partial charge in [-0.25, -0.2) is 13.4 Å². The van der Waals surface area contributed by atoms with Gasteiger partial charge in [0.25, 0.3) is 5.91 Å². The normalized spacial score (nSPS) is 21.5. The molecule has 1 amide bonds. The first-order valence-electron chi connectivity index (χ1n) is 5.65. The largest absolute Gasteiger partial charge is 0.373 e. The van der Waals surface area contributed by atoms with Gasteiger partial charge in [-0.3, -0.25) is 4.79 Å². The number of pyridine rings is 1. The Morgan fingerprint density at radius 2 is 2.28 bits per heavy atom. The number of carbonyl (C=O) groups excluding carboxylic acids is 1. The topological polar surface area (TPSA) is 88.2 Å². The highest BCUT2D eigenvalue weighted by Gasteiger charge is 2.29. The molecule has 1 aromatic rings. The van der Waals surface area contributed by atoms with Crippen molar-refractivity contribution in [3.63, 3.8) is 0 Å². The van der Waals surface area contributed by atoms with Gasteiger partial charge >= 0.3 is 0 Å². The summed E-state index contributed by atoms with van der Waals surface area (Å²) in [5.41, 5.74) is 0.471. The molecule has 7 heteroatoms. The number of hydrogen-bond acceptors (Lipinski definition) is 5. The number of nitrogens with zero attached hydrogens (tertiary/aromatic N) is 1. The molecule has 1 aromatic heterocycles. The molecule has 1 fully saturated rings. The number of aromatic nitrogens is 1. The first kappa shape index (κ1) is 12.8. The fourth-order valence-corrected chi connectivity index (χ4v) is 3.56. The average Bonchev–Trinajstić information content (AvgIpc) is 2.68. The first-order valence-corrected chi connectivity index (χ1v) is 7.47. The van der Waals surface area contributed by atoms with Gasteiger partial charge < -0.3 is 10.6 Å². The number of amides is 1. The molecule has 1 saturated heterocycles. The molecule has 0 saturated carbocycles. The van der Waals surface area contributed by atoms with E-state index in [4.69, 9.17) is 0 Å². The molecule has 6 nitrogen and oxygen atoms in total. The second-order valence-corrected chi connectivity index (χ2v) is 6.48. The zero-order valence-electron chi connectivity index (χ0n) is 10.0. The van der Waals surface area contributed by atoms with Crippen LogP contribution in [0.3, 0.4) is 0 Å². The summed E-state index contributed by atoms with van der Waals surface area (Å²) in [7, 11) is -1.26. The lowest BCUT2D eigenvalue weighted by Crippen LogP contribution is -2.35. The molecular formula is C11H15N3O3S. The number of sulfone groups is 1. The maximum Gasteiger partial charge on any atom is 0.251 e. The summed E-state index contributed by atoms with van der Waals surface area (Å²) in [4.78, 5) is 15.9. The SMILES string of the molecule is CNc1cc(C(=O)NC2CCS(=O)(=O)C2)ccn1. The Morgan fingerprint density at radius 3 is 2.89 bits per heavy atom. The minimum absolute atomic E-state index is 0.0305. The molecule has 18 heavy (non-hydrogen) atoms. The van der Waals surface area contributed by atoms with E-state index in [2.05, 4.69) is 15.6 Å². The summed E-state index contributed by atoms with van der Waals surface area (Å²) in [6.07, 6.45) is 2.02. The summed E-state index contributed by atoms with van der Waals surface area (Å²) in [6, 6.07) is 2.94. The van der Waals surface area contributed by atoms with E-state index in [1.807, 2.05) is 0 Å². The van der Waals surface area contributed by atoms with E-state index in [-0.39, 0.29) is 23.5 Å². The molecule has 2 heterocycles. The zero-order chi connectivity index (χ0) is 13.2. The highest BCUT2D eigenvalue weighted by Crippen LogP contribution is 2.13. The molecule has 98 valence electrons. The average molecular weight is 269 g/mol. The Morgan fingerprint density at radius 1 is 1.50 bits per heavy atom. The molecule has 0 radical (unpaired) electrons. The molecule has 1 unspecified atom stereocenters. The summed E-state index contributed by atoms with van der Waals surface area (Å²) in [5.74, 6) is 0.511. The highest BCUT2D eigenvalue weighted by molar-refractivity contribution is 7.91. The molecule has 0 aliphatic carbocycles. The fourth-order valence-electron chi connectivity index (χ4n) is 1.89. The predicted molar refractivity (Wildman–Crippen MR) is 68.3 cm³/mol. The van der Waals surface area contributed by atoms with Gasteiger partial charge in [-0.2, -0.15) is 0 Å². The number of rotatable bonds is 3. The third kappa shape index (κ3) is 2.98. The van der Waals surface area contributed by atoms with Crippen LogP contribution in [0.1, 0.15) is 16.8 Å². The fraction of sp³-hybridized carbons (Fsp3) is 0.455. The number of anilines is 1. The van der Waals surface area contributed by atoms with E-state index in [0.29, 0.717) is 17.8 Å². The molecule has 1 aliphatic heterocycles. The molecule has 2 rings (SSSR count). The van der Waals surface area contributed by atoms with Crippen LogP contribution in [-0.2, 0) is 9.84 Å². The van der Waals surface area contributed by atoms with E-state index in [9.17, 15) is 13.2 Å². The minimum Gasteiger partial charge on any atom is -0.373 e. The quantitative estimate of drug-likeness (QED) is 0.809. The number of nitrogens with one attached hydrogen (secondary N) is 2. The molecule has 0 aromatic carbocycles. The van der Waals surface area contributed by atoms with Crippen LogP contribution in [0, 0.1) is 0 Å². The van der Waals surface area contributed by atoms with E-state index < -0.39 is 9.84 Å². The Hall–Kier alpha value is -1.63. The summed E-state index contributed by atoms with van der Waals surface area (Å²) in [6.45, 7) is 0. The van der Waals surface area contributed by atoms with Crippen LogP contribution in [0.4, 0.5) is 5.82 Å². The molecule has 0 bridgehead atoms. The van der Waals surface area contributed by atoms with Crippen LogP contribution in [0.5, 0.6) is 0 Å². The summed E-state index contributed by atoms with van der Waals surface area (Å²) in [5, 5.41) is 5.57. The summed E-state index contributed by atoms with van der Waals surface area (Å²) >= 11 is 0. The van der Waals surface area contributed by atoms with Crippen molar-refractivity contribution in [3.8, 4) is 0 Å². The second-order valence-electron chi connectivity index (χ2n) is 4.25. The van der Waals surface area contributed by atoms with Gasteiger partial charge in [0.2, 0.25) is 0 Å². The van der Waals surface area contributed by atoms with E-state index in [1.54, 1.807) is 19.2 Å². The Kier molecular flexibility index (Phi) is 3.51. The Labute approximate surface area is 106 Å². The Bertz CT molecular complexity index is 556. The first-order chi connectivity index (χ1) is 8.50. The maximum absolute atomic E-state index is 11.9. The van der Waals surface area contributed by atoms with E-state index >= 15 is 0 Å². The lowest BCUT2D eigenvalue weighted by Gasteiger charge is -2.11. The van der Waals surface area contributed by atoms with Crippen LogP contribution in [-0.4, -0.2) is 43.9 Å². The molecule has 1 aliphatic rings. The van der Waals surface area contributed by atoms with Gasteiger partial charge in [0.1, 0.15) is 5.82 Å². The van der Waals surface area contributed by atoms with Gasteiger partial charge in [0.05, 0.1) is 11.5 Å². The van der Waals surface area contributed by atoms with Crippen molar-refractivity contribution in [1.82, 2.24) is 10.3 Å². The van der Waals surface area contributed by atoms with Crippen LogP contribution in [0.15, 0.2) is 18.3 Å². The molecule has 0 spiro atoms. The lowest BCUT2D eigenvalue weighted by molar-refractivity contribution is 0.0941. The number of carbonyl (C=O) groups is 1. The van der Waals surface area contributed by atoms with Gasteiger partial charge in [-0.15, -0.1) is 0 Å². The van der Waals surface area contributed by atoms with E-state index in [0.717, 1.165) is 0 Å². The van der Waals surface area contributed by atoms with Crippen molar-refractivity contribution in [1.29, 1.82) is 0 Å². The van der Waals surface area contributed by atoms with Crippen molar-refractivity contribution < 1.29 is 13.2 Å². The van der Waals surface area contributed by atoms with Gasteiger partial charge in [-0.05, 0) is 18.6 Å². The summed E-state index contributed by atoms with van der Waals surface area (Å²) < 4.78 is 22.6. The standard InChI is InChI=1S/C11H15N3O3S/c1-12-10-6-8(2-4-13-10)11(15)14-9-3-5-18(16,17)7-9/h2,4,6,9H,3,5,7H2,1H3,(H,12,13)(H,14,15). The van der Waals surface area contributed by atoms with Crippen molar-refractivity contribution in [2.24, 2.45) is 0 Å². The zero-order valence-corrected chi connectivity index (χ0v) is 10.8. The van der Waals surface area contributed by atoms with Crippen molar-refractivity contribution in [2.45, 2.75) is 12.5 Å². The maximum atomic E-state index is 11.9. The second kappa shape index (κ2) is 4.93. The van der Waals surface area contributed by atoms with Crippen LogP contribution in [0.25, 0.3) is 0 Å². The van der Waals surface area contributed by atoms with Crippen LogP contribution < -0.4 is 10.6 Å². The third-order valence-corrected chi connectivity index (χ3v) is 4.61. The highest BCUT2D eigenvalue weighted by atomic mass is 32.2.